The van der Waals surface area contributed by atoms with Gasteiger partial charge in [-0.15, -0.1) is 0 Å². The number of rotatable bonds is 2. The van der Waals surface area contributed by atoms with Crippen molar-refractivity contribution in [1.82, 2.24) is 0 Å². The summed E-state index contributed by atoms with van der Waals surface area (Å²) in [6.45, 7) is 1.84. The molecule has 0 radical (unpaired) electrons. The van der Waals surface area contributed by atoms with Gasteiger partial charge < -0.3 is 5.11 Å². The third-order valence-corrected chi connectivity index (χ3v) is 3.38. The van der Waals surface area contributed by atoms with Crippen molar-refractivity contribution in [2.24, 2.45) is 23.7 Å². The minimum absolute atomic E-state index is 0. The summed E-state index contributed by atoms with van der Waals surface area (Å²) in [6.07, 6.45) is 3.74. The van der Waals surface area contributed by atoms with Gasteiger partial charge in [-0.25, -0.2) is 0 Å². The number of carboxylic acid groups (broad SMARTS) is 1. The first kappa shape index (κ1) is 9.90. The lowest BCUT2D eigenvalue weighted by atomic mass is 9.90. The quantitative estimate of drug-likeness (QED) is 0.718. The van der Waals surface area contributed by atoms with Gasteiger partial charge in [0.2, 0.25) is 0 Å². The molecule has 2 aliphatic rings. The Morgan fingerprint density at radius 3 is 2.25 bits per heavy atom. The Morgan fingerprint density at radius 1 is 1.33 bits per heavy atom. The molecule has 2 nitrogen and oxygen atoms in total. The second kappa shape index (κ2) is 3.29. The van der Waals surface area contributed by atoms with E-state index in [1.54, 1.807) is 0 Å². The van der Waals surface area contributed by atoms with Gasteiger partial charge in [0.25, 0.3) is 0 Å². The van der Waals surface area contributed by atoms with Crippen LogP contribution in [-0.2, 0) is 4.79 Å². The number of fused-ring (bicyclic) bond motifs is 1. The molecule has 0 spiro atoms. The lowest BCUT2D eigenvalue weighted by molar-refractivity contribution is -0.143. The first-order valence-corrected chi connectivity index (χ1v) is 4.41. The van der Waals surface area contributed by atoms with Crippen LogP contribution in [0.3, 0.4) is 0 Å². The van der Waals surface area contributed by atoms with Crippen LogP contribution in [-0.4, -0.2) is 11.1 Å². The lowest BCUT2D eigenvalue weighted by Gasteiger charge is -2.15. The summed E-state index contributed by atoms with van der Waals surface area (Å²) < 4.78 is 0. The zero-order chi connectivity index (χ0) is 8.01. The summed E-state index contributed by atoms with van der Waals surface area (Å²) >= 11 is 0. The third kappa shape index (κ3) is 1.60. The number of hydrogen-bond acceptors (Lipinski definition) is 1. The highest BCUT2D eigenvalue weighted by atomic mass is 32.1. The Balaban J connectivity index is 0.000000720. The van der Waals surface area contributed by atoms with Crippen LogP contribution in [0, 0.1) is 23.7 Å². The average molecular weight is 188 g/mol. The van der Waals surface area contributed by atoms with Gasteiger partial charge in [0, 0.05) is 0 Å². The molecule has 12 heavy (non-hydrogen) atoms. The molecule has 0 aromatic heterocycles. The van der Waals surface area contributed by atoms with E-state index in [4.69, 9.17) is 5.11 Å². The third-order valence-electron chi connectivity index (χ3n) is 3.38. The average Bonchev–Trinajstić information content (AvgIpc) is 2.57. The Kier molecular flexibility index (Phi) is 2.71. The van der Waals surface area contributed by atoms with E-state index in [9.17, 15) is 4.79 Å². The summed E-state index contributed by atoms with van der Waals surface area (Å²) in [7, 11) is 0. The van der Waals surface area contributed by atoms with Crippen LogP contribution in [0.15, 0.2) is 0 Å². The minimum Gasteiger partial charge on any atom is -0.481 e. The number of carbonyl (C=O) groups is 1. The minimum atomic E-state index is -0.615. The Labute approximate surface area is 79.8 Å². The van der Waals surface area contributed by atoms with Crippen LogP contribution in [0.1, 0.15) is 26.2 Å². The van der Waals surface area contributed by atoms with Gasteiger partial charge in [0.1, 0.15) is 0 Å². The van der Waals surface area contributed by atoms with Crippen LogP contribution < -0.4 is 0 Å². The van der Waals surface area contributed by atoms with Crippen molar-refractivity contribution in [2.45, 2.75) is 26.2 Å². The van der Waals surface area contributed by atoms with Gasteiger partial charge in [0.05, 0.1) is 5.92 Å². The molecule has 3 atom stereocenters. The maximum Gasteiger partial charge on any atom is 0.306 e. The van der Waals surface area contributed by atoms with Gasteiger partial charge in [-0.05, 0) is 37.0 Å². The normalized spacial score (nSPS) is 39.6. The number of hydrogen-bond donors (Lipinski definition) is 1. The molecule has 2 saturated carbocycles. The Hall–Kier alpha value is -0.180. The van der Waals surface area contributed by atoms with Crippen LogP contribution in [0.2, 0.25) is 0 Å². The second-order valence-electron chi connectivity index (χ2n) is 4.11. The van der Waals surface area contributed by atoms with Gasteiger partial charge in [-0.2, -0.15) is 13.5 Å². The largest absolute Gasteiger partial charge is 0.481 e. The van der Waals surface area contributed by atoms with Crippen molar-refractivity contribution < 1.29 is 9.90 Å². The smallest absolute Gasteiger partial charge is 0.306 e. The predicted octanol–water partition coefficient (Wildman–Crippen LogP) is 1.87. The van der Waals surface area contributed by atoms with E-state index in [-0.39, 0.29) is 19.4 Å². The zero-order valence-corrected chi connectivity index (χ0v) is 8.29. The van der Waals surface area contributed by atoms with E-state index >= 15 is 0 Å². The van der Waals surface area contributed by atoms with E-state index in [0.717, 1.165) is 11.8 Å². The fourth-order valence-corrected chi connectivity index (χ4v) is 2.37. The fraction of sp³-hybridized carbons (Fsp3) is 0.889. The molecule has 0 bridgehead atoms. The summed E-state index contributed by atoms with van der Waals surface area (Å²) in [6, 6.07) is 0. The summed E-state index contributed by atoms with van der Waals surface area (Å²) in [4.78, 5) is 10.6. The van der Waals surface area contributed by atoms with Crippen LogP contribution in [0.5, 0.6) is 0 Å². The molecule has 3 heteroatoms. The standard InChI is InChI=1S/C9H14O2.H2S/c1-5(9(10)11)6-2-7-4-8(7)3-6;/h5-8H,2-4H2,1H3,(H,10,11);1H2/t5-,6?,7?,8?;/m0./s1. The summed E-state index contributed by atoms with van der Waals surface area (Å²) in [5.41, 5.74) is 0. The molecule has 2 aliphatic carbocycles. The van der Waals surface area contributed by atoms with E-state index < -0.39 is 5.97 Å². The first-order chi connectivity index (χ1) is 5.18. The van der Waals surface area contributed by atoms with Crippen molar-refractivity contribution in [3.63, 3.8) is 0 Å². The fourth-order valence-electron chi connectivity index (χ4n) is 2.37. The maximum atomic E-state index is 10.6. The highest BCUT2D eigenvalue weighted by molar-refractivity contribution is 7.59. The molecular formula is C9H16O2S. The van der Waals surface area contributed by atoms with Crippen molar-refractivity contribution in [1.29, 1.82) is 0 Å². The van der Waals surface area contributed by atoms with Gasteiger partial charge in [-0.1, -0.05) is 6.92 Å². The highest BCUT2D eigenvalue weighted by Crippen LogP contribution is 2.56. The predicted molar refractivity (Wildman–Crippen MR) is 51.5 cm³/mol. The molecular weight excluding hydrogens is 172 g/mol. The van der Waals surface area contributed by atoms with Crippen molar-refractivity contribution in [2.75, 3.05) is 0 Å². The monoisotopic (exact) mass is 188 g/mol. The molecule has 0 saturated heterocycles. The van der Waals surface area contributed by atoms with E-state index in [2.05, 4.69) is 0 Å². The van der Waals surface area contributed by atoms with E-state index in [1.807, 2.05) is 6.92 Å². The molecule has 0 amide bonds. The number of aliphatic carboxylic acids is 1. The second-order valence-corrected chi connectivity index (χ2v) is 4.11. The molecule has 0 heterocycles. The molecule has 2 fully saturated rings. The molecule has 2 rings (SSSR count). The van der Waals surface area contributed by atoms with Crippen LogP contribution >= 0.6 is 13.5 Å². The van der Waals surface area contributed by atoms with E-state index in [0.29, 0.717) is 5.92 Å². The van der Waals surface area contributed by atoms with Gasteiger partial charge in [-0.3, -0.25) is 4.79 Å². The molecule has 70 valence electrons. The summed E-state index contributed by atoms with van der Waals surface area (Å²) in [5.74, 6) is 1.57. The Bertz CT molecular complexity index is 183. The van der Waals surface area contributed by atoms with Crippen LogP contribution in [0.4, 0.5) is 0 Å². The molecule has 0 aromatic rings. The molecule has 0 aliphatic heterocycles. The first-order valence-electron chi connectivity index (χ1n) is 4.41. The topological polar surface area (TPSA) is 37.3 Å². The highest BCUT2D eigenvalue weighted by Gasteiger charge is 2.48. The lowest BCUT2D eigenvalue weighted by Crippen LogP contribution is -2.19. The Morgan fingerprint density at radius 2 is 1.83 bits per heavy atom. The van der Waals surface area contributed by atoms with E-state index in [1.165, 1.54) is 19.3 Å². The molecule has 1 N–H and O–H groups in total. The SMILES string of the molecule is C[C@H](C(=O)O)C1CC2CC2C1.S. The zero-order valence-electron chi connectivity index (χ0n) is 7.29. The van der Waals surface area contributed by atoms with Crippen molar-refractivity contribution in [3.05, 3.63) is 0 Å². The van der Waals surface area contributed by atoms with Crippen LogP contribution in [0.25, 0.3) is 0 Å². The summed E-state index contributed by atoms with van der Waals surface area (Å²) in [5, 5.41) is 8.74. The van der Waals surface area contributed by atoms with Crippen molar-refractivity contribution in [3.8, 4) is 0 Å². The number of carboxylic acids is 1. The maximum absolute atomic E-state index is 10.6. The van der Waals surface area contributed by atoms with Gasteiger partial charge >= 0.3 is 5.97 Å². The molecule has 0 aromatic carbocycles. The molecule has 2 unspecified atom stereocenters. The van der Waals surface area contributed by atoms with Crippen molar-refractivity contribution >= 4 is 19.5 Å². The van der Waals surface area contributed by atoms with Gasteiger partial charge in [0.15, 0.2) is 0 Å².